The normalized spacial score (nSPS) is 15.0. The van der Waals surface area contributed by atoms with E-state index >= 15 is 0 Å². The molecule has 5 nitrogen and oxygen atoms in total. The Morgan fingerprint density at radius 1 is 0.941 bits per heavy atom. The van der Waals surface area contributed by atoms with Gasteiger partial charge in [0.2, 0.25) is 0 Å². The third-order valence-electron chi connectivity index (χ3n) is 6.09. The van der Waals surface area contributed by atoms with Crippen LogP contribution in [0.2, 0.25) is 0 Å². The molecule has 0 atom stereocenters. The Balaban J connectivity index is 1.87. The van der Waals surface area contributed by atoms with Crippen LogP contribution in [0.25, 0.3) is 11.8 Å². The lowest BCUT2D eigenvalue weighted by molar-refractivity contribution is -0.136. The number of hydrogen-bond acceptors (Lipinski definition) is 3. The van der Waals surface area contributed by atoms with Gasteiger partial charge in [0.05, 0.1) is 18.3 Å². The lowest BCUT2D eigenvalue weighted by atomic mass is 10.0. The van der Waals surface area contributed by atoms with Crippen molar-refractivity contribution < 1.29 is 14.3 Å². The van der Waals surface area contributed by atoms with E-state index in [1.165, 1.54) is 7.11 Å². The zero-order valence-electron chi connectivity index (χ0n) is 20.2. The molecule has 2 aromatic carbocycles. The predicted octanol–water partition coefficient (Wildman–Crippen LogP) is 6.35. The number of ether oxygens (including phenoxy) is 1. The highest BCUT2D eigenvalue weighted by molar-refractivity contribution is 9.10. The Morgan fingerprint density at radius 3 is 2.24 bits per heavy atom. The molecule has 0 N–H and O–H groups in total. The van der Waals surface area contributed by atoms with Crippen molar-refractivity contribution in [2.75, 3.05) is 12.0 Å². The molecule has 0 radical (unpaired) electrons. The van der Waals surface area contributed by atoms with Crippen molar-refractivity contribution in [2.24, 2.45) is 0 Å². The monoisotopic (exact) mass is 518 g/mol. The topological polar surface area (TPSA) is 51.5 Å². The summed E-state index contributed by atoms with van der Waals surface area (Å²) in [7, 11) is 1.34. The average Bonchev–Trinajstić information content (AvgIpc) is 3.18. The number of methoxy groups -OCH3 is 1. The zero-order valence-corrected chi connectivity index (χ0v) is 21.8. The fourth-order valence-electron chi connectivity index (χ4n) is 4.67. The van der Waals surface area contributed by atoms with Crippen LogP contribution in [0.4, 0.5) is 5.69 Å². The van der Waals surface area contributed by atoms with Gasteiger partial charge < -0.3 is 9.30 Å². The number of aromatic nitrogens is 1. The summed E-state index contributed by atoms with van der Waals surface area (Å²) in [5, 5.41) is 0. The van der Waals surface area contributed by atoms with Gasteiger partial charge in [0.1, 0.15) is 0 Å². The fourth-order valence-corrected chi connectivity index (χ4v) is 5.06. The van der Waals surface area contributed by atoms with Crippen molar-refractivity contribution in [3.05, 3.63) is 97.9 Å². The first-order valence-corrected chi connectivity index (χ1v) is 11.8. The molecule has 174 valence electrons. The van der Waals surface area contributed by atoms with E-state index in [2.05, 4.69) is 26.6 Å². The standard InChI is InChI=1S/C28H27BrN2O3/c1-16-10-17(2)12-24(11-16)31-20(5)26(28(33)34-6)25(27(31)32)14-21-13-18(3)30(19(21)4)23-9-7-8-22(29)15-23/h7-15H,1-6H3/b25-14-. The molecular weight excluding hydrogens is 492 g/mol. The summed E-state index contributed by atoms with van der Waals surface area (Å²) in [6, 6.07) is 16.0. The fraction of sp³-hybridized carbons (Fsp3) is 0.214. The number of amides is 1. The highest BCUT2D eigenvalue weighted by atomic mass is 79.9. The summed E-state index contributed by atoms with van der Waals surface area (Å²) < 4.78 is 8.18. The lowest BCUT2D eigenvalue weighted by Gasteiger charge is -2.19. The quantitative estimate of drug-likeness (QED) is 0.298. The molecule has 0 aliphatic carbocycles. The minimum Gasteiger partial charge on any atom is -0.465 e. The van der Waals surface area contributed by atoms with Crippen molar-refractivity contribution in [1.82, 2.24) is 4.57 Å². The number of allylic oxidation sites excluding steroid dienone is 1. The highest BCUT2D eigenvalue weighted by Gasteiger charge is 2.38. The maximum Gasteiger partial charge on any atom is 0.340 e. The summed E-state index contributed by atoms with van der Waals surface area (Å²) in [4.78, 5) is 28.1. The van der Waals surface area contributed by atoms with E-state index in [0.717, 1.165) is 43.9 Å². The molecule has 0 spiro atoms. The molecule has 6 heteroatoms. The Labute approximate surface area is 208 Å². The second-order valence-corrected chi connectivity index (χ2v) is 9.55. The molecule has 4 rings (SSSR count). The highest BCUT2D eigenvalue weighted by Crippen LogP contribution is 2.37. The maximum atomic E-state index is 13.7. The van der Waals surface area contributed by atoms with Crippen LogP contribution in [0.15, 0.2) is 69.8 Å². The maximum absolute atomic E-state index is 13.7. The van der Waals surface area contributed by atoms with Gasteiger partial charge >= 0.3 is 5.97 Å². The number of hydrogen-bond donors (Lipinski definition) is 0. The first kappa shape index (κ1) is 23.8. The van der Waals surface area contributed by atoms with Gasteiger partial charge in [-0.1, -0.05) is 28.1 Å². The molecule has 0 saturated heterocycles. The molecule has 0 saturated carbocycles. The summed E-state index contributed by atoms with van der Waals surface area (Å²) >= 11 is 3.54. The van der Waals surface area contributed by atoms with E-state index < -0.39 is 5.97 Å². The SMILES string of the molecule is COC(=O)C1=C(C)N(c2cc(C)cc(C)c2)C(=O)/C1=C\c1cc(C)n(-c2cccc(Br)c2)c1C. The number of esters is 1. The lowest BCUT2D eigenvalue weighted by Crippen LogP contribution is -2.24. The number of anilines is 1. The number of nitrogens with zero attached hydrogens (tertiary/aromatic N) is 2. The first-order valence-electron chi connectivity index (χ1n) is 11.0. The molecule has 1 aliphatic rings. The van der Waals surface area contributed by atoms with E-state index in [-0.39, 0.29) is 5.91 Å². The summed E-state index contributed by atoms with van der Waals surface area (Å²) in [6.07, 6.45) is 1.80. The molecule has 1 aromatic heterocycles. The molecule has 0 bridgehead atoms. The van der Waals surface area contributed by atoms with Crippen LogP contribution in [0.1, 0.15) is 35.0 Å². The second-order valence-electron chi connectivity index (χ2n) is 8.64. The van der Waals surface area contributed by atoms with Crippen LogP contribution in [0, 0.1) is 27.7 Å². The van der Waals surface area contributed by atoms with Crippen molar-refractivity contribution in [1.29, 1.82) is 0 Å². The molecule has 1 aliphatic heterocycles. The van der Waals surface area contributed by atoms with Gasteiger partial charge in [0.25, 0.3) is 5.91 Å². The van der Waals surface area contributed by atoms with Crippen molar-refractivity contribution in [3.63, 3.8) is 0 Å². The van der Waals surface area contributed by atoms with Crippen LogP contribution in [0.5, 0.6) is 0 Å². The van der Waals surface area contributed by atoms with Gasteiger partial charge in [-0.05, 0) is 93.8 Å². The molecule has 0 fully saturated rings. The van der Waals surface area contributed by atoms with Gasteiger partial charge in [0.15, 0.2) is 0 Å². The van der Waals surface area contributed by atoms with Gasteiger partial charge in [-0.15, -0.1) is 0 Å². The number of carbonyl (C=O) groups excluding carboxylic acids is 2. The third-order valence-corrected chi connectivity index (χ3v) is 6.58. The molecule has 1 amide bonds. The largest absolute Gasteiger partial charge is 0.465 e. The van der Waals surface area contributed by atoms with Crippen LogP contribution >= 0.6 is 15.9 Å². The van der Waals surface area contributed by atoms with E-state index in [4.69, 9.17) is 4.74 Å². The van der Waals surface area contributed by atoms with Crippen LogP contribution in [-0.2, 0) is 14.3 Å². The van der Waals surface area contributed by atoms with E-state index in [1.54, 1.807) is 17.9 Å². The smallest absolute Gasteiger partial charge is 0.340 e. The zero-order chi connectivity index (χ0) is 24.7. The van der Waals surface area contributed by atoms with Gasteiger partial charge in [-0.3, -0.25) is 9.69 Å². The van der Waals surface area contributed by atoms with Crippen molar-refractivity contribution in [2.45, 2.75) is 34.6 Å². The Kier molecular flexibility index (Phi) is 6.36. The number of halogens is 1. The molecule has 3 aromatic rings. The van der Waals surface area contributed by atoms with E-state index in [1.807, 2.05) is 70.2 Å². The van der Waals surface area contributed by atoms with Crippen molar-refractivity contribution >= 4 is 39.6 Å². The third kappa shape index (κ3) is 4.14. The van der Waals surface area contributed by atoms with Gasteiger partial charge in [-0.2, -0.15) is 0 Å². The summed E-state index contributed by atoms with van der Waals surface area (Å²) in [5.74, 6) is -0.764. The van der Waals surface area contributed by atoms with E-state index in [9.17, 15) is 9.59 Å². The Morgan fingerprint density at radius 2 is 1.62 bits per heavy atom. The second kappa shape index (κ2) is 9.11. The van der Waals surface area contributed by atoms with Crippen LogP contribution in [0.3, 0.4) is 0 Å². The van der Waals surface area contributed by atoms with Crippen molar-refractivity contribution in [3.8, 4) is 5.69 Å². The Bertz CT molecular complexity index is 1370. The average molecular weight is 519 g/mol. The van der Waals surface area contributed by atoms with E-state index in [0.29, 0.717) is 16.8 Å². The van der Waals surface area contributed by atoms with Crippen LogP contribution < -0.4 is 4.90 Å². The number of aryl methyl sites for hydroxylation is 3. The summed E-state index contributed by atoms with van der Waals surface area (Å²) in [6.45, 7) is 9.80. The number of carbonyl (C=O) groups is 2. The molecule has 2 heterocycles. The number of benzene rings is 2. The Hall–Kier alpha value is -3.38. The molecule has 0 unspecified atom stereocenters. The first-order chi connectivity index (χ1) is 16.1. The number of rotatable bonds is 4. The predicted molar refractivity (Wildman–Crippen MR) is 139 cm³/mol. The minimum absolute atomic E-state index is 0.241. The molecular formula is C28H27BrN2O3. The van der Waals surface area contributed by atoms with Gasteiger partial charge in [-0.25, -0.2) is 4.79 Å². The molecule has 34 heavy (non-hydrogen) atoms. The van der Waals surface area contributed by atoms with Crippen LogP contribution in [-0.4, -0.2) is 23.6 Å². The minimum atomic E-state index is -0.523. The van der Waals surface area contributed by atoms with Gasteiger partial charge in [0, 0.05) is 32.9 Å². The summed E-state index contributed by atoms with van der Waals surface area (Å²) in [5.41, 5.74) is 7.91.